The number of rotatable bonds is 4. The SMILES string of the molecule is CCC1CCN(C(=O)C2(COC)CCNCC2)C1. The minimum absolute atomic E-state index is 0.261. The van der Waals surface area contributed by atoms with Crippen LogP contribution in [-0.4, -0.2) is 50.7 Å². The zero-order chi connectivity index (χ0) is 13.0. The predicted molar refractivity (Wildman–Crippen MR) is 71.4 cm³/mol. The second-order valence-electron chi connectivity index (χ2n) is 5.78. The average molecular weight is 254 g/mol. The smallest absolute Gasteiger partial charge is 0.231 e. The molecule has 104 valence electrons. The summed E-state index contributed by atoms with van der Waals surface area (Å²) in [5.74, 6) is 1.04. The lowest BCUT2D eigenvalue weighted by molar-refractivity contribution is -0.146. The van der Waals surface area contributed by atoms with E-state index in [0.29, 0.717) is 18.4 Å². The fraction of sp³-hybridized carbons (Fsp3) is 0.929. The van der Waals surface area contributed by atoms with Crippen molar-refractivity contribution in [1.82, 2.24) is 10.2 Å². The van der Waals surface area contributed by atoms with Crippen LogP contribution in [0.4, 0.5) is 0 Å². The van der Waals surface area contributed by atoms with Crippen molar-refractivity contribution in [3.05, 3.63) is 0 Å². The first kappa shape index (κ1) is 13.8. The molecule has 1 amide bonds. The average Bonchev–Trinajstić information content (AvgIpc) is 2.88. The van der Waals surface area contributed by atoms with Crippen LogP contribution in [0.2, 0.25) is 0 Å². The van der Waals surface area contributed by atoms with Crippen molar-refractivity contribution in [2.75, 3.05) is 39.9 Å². The number of hydrogen-bond donors (Lipinski definition) is 1. The molecule has 0 spiro atoms. The monoisotopic (exact) mass is 254 g/mol. The lowest BCUT2D eigenvalue weighted by Crippen LogP contribution is -2.51. The highest BCUT2D eigenvalue weighted by molar-refractivity contribution is 5.83. The molecule has 0 radical (unpaired) electrons. The maximum absolute atomic E-state index is 12.8. The number of methoxy groups -OCH3 is 1. The first-order chi connectivity index (χ1) is 8.72. The molecule has 2 saturated heterocycles. The molecule has 1 atom stereocenters. The van der Waals surface area contributed by atoms with Gasteiger partial charge in [0.1, 0.15) is 0 Å². The maximum atomic E-state index is 12.8. The molecule has 0 aromatic heterocycles. The normalized spacial score (nSPS) is 27.4. The van der Waals surface area contributed by atoms with Crippen LogP contribution in [0.25, 0.3) is 0 Å². The van der Waals surface area contributed by atoms with Gasteiger partial charge in [-0.05, 0) is 38.3 Å². The molecule has 18 heavy (non-hydrogen) atoms. The molecular weight excluding hydrogens is 228 g/mol. The molecule has 0 saturated carbocycles. The van der Waals surface area contributed by atoms with E-state index in [2.05, 4.69) is 17.1 Å². The number of amides is 1. The summed E-state index contributed by atoms with van der Waals surface area (Å²) < 4.78 is 5.34. The van der Waals surface area contributed by atoms with E-state index in [4.69, 9.17) is 4.74 Å². The lowest BCUT2D eigenvalue weighted by atomic mass is 9.78. The predicted octanol–water partition coefficient (Wildman–Crippen LogP) is 1.26. The molecule has 2 heterocycles. The van der Waals surface area contributed by atoms with Crippen molar-refractivity contribution in [3.63, 3.8) is 0 Å². The van der Waals surface area contributed by atoms with Gasteiger partial charge in [0, 0.05) is 20.2 Å². The van der Waals surface area contributed by atoms with Gasteiger partial charge >= 0.3 is 0 Å². The molecule has 2 fully saturated rings. The van der Waals surface area contributed by atoms with Gasteiger partial charge in [-0.15, -0.1) is 0 Å². The topological polar surface area (TPSA) is 41.6 Å². The Morgan fingerprint density at radius 1 is 1.44 bits per heavy atom. The molecule has 0 aromatic carbocycles. The van der Waals surface area contributed by atoms with Crippen molar-refractivity contribution >= 4 is 5.91 Å². The van der Waals surface area contributed by atoms with E-state index in [1.54, 1.807) is 7.11 Å². The third kappa shape index (κ3) is 2.69. The molecule has 0 aliphatic carbocycles. The van der Waals surface area contributed by atoms with Crippen LogP contribution in [0.1, 0.15) is 32.6 Å². The Balaban J connectivity index is 2.04. The summed E-state index contributed by atoms with van der Waals surface area (Å²) in [7, 11) is 1.70. The summed E-state index contributed by atoms with van der Waals surface area (Å²) in [6, 6.07) is 0. The number of nitrogens with one attached hydrogen (secondary N) is 1. The summed E-state index contributed by atoms with van der Waals surface area (Å²) in [6.07, 6.45) is 4.17. The van der Waals surface area contributed by atoms with Gasteiger partial charge in [-0.25, -0.2) is 0 Å². The summed E-state index contributed by atoms with van der Waals surface area (Å²) in [6.45, 7) is 6.54. The Labute approximate surface area is 110 Å². The van der Waals surface area contributed by atoms with Gasteiger partial charge < -0.3 is 15.0 Å². The van der Waals surface area contributed by atoms with E-state index in [1.165, 1.54) is 12.8 Å². The van der Waals surface area contributed by atoms with Crippen molar-refractivity contribution in [3.8, 4) is 0 Å². The number of carbonyl (C=O) groups is 1. The van der Waals surface area contributed by atoms with Crippen molar-refractivity contribution in [1.29, 1.82) is 0 Å². The van der Waals surface area contributed by atoms with Gasteiger partial charge in [0.2, 0.25) is 5.91 Å². The summed E-state index contributed by atoms with van der Waals surface area (Å²) in [5, 5.41) is 3.34. The number of likely N-dealkylation sites (tertiary alicyclic amines) is 1. The fourth-order valence-electron chi connectivity index (χ4n) is 3.29. The maximum Gasteiger partial charge on any atom is 0.231 e. The highest BCUT2D eigenvalue weighted by Gasteiger charge is 2.43. The van der Waals surface area contributed by atoms with Crippen LogP contribution in [0, 0.1) is 11.3 Å². The number of hydrogen-bond acceptors (Lipinski definition) is 3. The molecule has 0 bridgehead atoms. The van der Waals surface area contributed by atoms with Crippen LogP contribution < -0.4 is 5.32 Å². The van der Waals surface area contributed by atoms with Crippen LogP contribution in [-0.2, 0) is 9.53 Å². The largest absolute Gasteiger partial charge is 0.384 e. The quantitative estimate of drug-likeness (QED) is 0.821. The summed E-state index contributed by atoms with van der Waals surface area (Å²) in [5.41, 5.74) is -0.261. The minimum atomic E-state index is -0.261. The van der Waals surface area contributed by atoms with E-state index in [-0.39, 0.29) is 5.41 Å². The van der Waals surface area contributed by atoms with Gasteiger partial charge in [-0.2, -0.15) is 0 Å². The Morgan fingerprint density at radius 2 is 2.17 bits per heavy atom. The second kappa shape index (κ2) is 6.02. The Bertz CT molecular complexity index is 282. The third-order valence-electron chi connectivity index (χ3n) is 4.59. The van der Waals surface area contributed by atoms with Gasteiger partial charge in [0.25, 0.3) is 0 Å². The van der Waals surface area contributed by atoms with Gasteiger partial charge in [0.15, 0.2) is 0 Å². The van der Waals surface area contributed by atoms with Crippen molar-refractivity contribution in [2.45, 2.75) is 32.6 Å². The number of nitrogens with zero attached hydrogens (tertiary/aromatic N) is 1. The first-order valence-electron chi connectivity index (χ1n) is 7.21. The standard InChI is InChI=1S/C14H26N2O2/c1-3-12-4-9-16(10-12)13(17)14(11-18-2)5-7-15-8-6-14/h12,15H,3-11H2,1-2H3. The van der Waals surface area contributed by atoms with Crippen LogP contribution >= 0.6 is 0 Å². The van der Waals surface area contributed by atoms with Crippen LogP contribution in [0.15, 0.2) is 0 Å². The number of piperidine rings is 1. The Kier molecular flexibility index (Phi) is 4.62. The molecule has 1 N–H and O–H groups in total. The van der Waals surface area contributed by atoms with E-state index in [0.717, 1.165) is 39.0 Å². The molecule has 4 nitrogen and oxygen atoms in total. The minimum Gasteiger partial charge on any atom is -0.384 e. The molecule has 2 rings (SSSR count). The molecule has 2 aliphatic rings. The van der Waals surface area contributed by atoms with Crippen molar-refractivity contribution in [2.24, 2.45) is 11.3 Å². The number of ether oxygens (including phenoxy) is 1. The fourth-order valence-corrected chi connectivity index (χ4v) is 3.29. The zero-order valence-electron chi connectivity index (χ0n) is 11.7. The molecule has 0 aromatic rings. The van der Waals surface area contributed by atoms with Crippen LogP contribution in [0.3, 0.4) is 0 Å². The van der Waals surface area contributed by atoms with Crippen LogP contribution in [0.5, 0.6) is 0 Å². The Morgan fingerprint density at radius 3 is 2.72 bits per heavy atom. The van der Waals surface area contributed by atoms with E-state index in [1.807, 2.05) is 0 Å². The molecular formula is C14H26N2O2. The molecule has 1 unspecified atom stereocenters. The lowest BCUT2D eigenvalue weighted by Gasteiger charge is -2.38. The van der Waals surface area contributed by atoms with Gasteiger partial charge in [0.05, 0.1) is 12.0 Å². The molecule has 4 heteroatoms. The van der Waals surface area contributed by atoms with E-state index < -0.39 is 0 Å². The van der Waals surface area contributed by atoms with E-state index in [9.17, 15) is 4.79 Å². The van der Waals surface area contributed by atoms with Gasteiger partial charge in [-0.1, -0.05) is 13.3 Å². The molecule has 2 aliphatic heterocycles. The van der Waals surface area contributed by atoms with E-state index >= 15 is 0 Å². The number of carbonyl (C=O) groups excluding carboxylic acids is 1. The Hall–Kier alpha value is -0.610. The summed E-state index contributed by atoms with van der Waals surface area (Å²) in [4.78, 5) is 14.9. The zero-order valence-corrected chi connectivity index (χ0v) is 11.7. The highest BCUT2D eigenvalue weighted by atomic mass is 16.5. The second-order valence-corrected chi connectivity index (χ2v) is 5.78. The highest BCUT2D eigenvalue weighted by Crippen LogP contribution is 2.34. The van der Waals surface area contributed by atoms with Gasteiger partial charge in [-0.3, -0.25) is 4.79 Å². The summed E-state index contributed by atoms with van der Waals surface area (Å²) >= 11 is 0. The first-order valence-corrected chi connectivity index (χ1v) is 7.21. The van der Waals surface area contributed by atoms with Crippen molar-refractivity contribution < 1.29 is 9.53 Å². The third-order valence-corrected chi connectivity index (χ3v) is 4.59.